The molecule has 26 heavy (non-hydrogen) atoms. The van der Waals surface area contributed by atoms with Crippen LogP contribution in [0.3, 0.4) is 0 Å². The summed E-state index contributed by atoms with van der Waals surface area (Å²) in [5, 5.41) is 2.94. The minimum atomic E-state index is -0.423. The van der Waals surface area contributed by atoms with E-state index in [0.717, 1.165) is 25.9 Å². The average Bonchev–Trinajstić information content (AvgIpc) is 3.14. The molecule has 0 bridgehead atoms. The Hall–Kier alpha value is -2.08. The molecule has 0 saturated carbocycles. The second kappa shape index (κ2) is 7.27. The smallest absolute Gasteiger partial charge is 0.255 e. The van der Waals surface area contributed by atoms with E-state index in [9.17, 15) is 14.4 Å². The lowest BCUT2D eigenvalue weighted by Gasteiger charge is -2.23. The van der Waals surface area contributed by atoms with E-state index in [0.29, 0.717) is 35.8 Å². The van der Waals surface area contributed by atoms with Gasteiger partial charge in [-0.25, -0.2) is 0 Å². The largest absolute Gasteiger partial charge is 0.342 e. The third-order valence-electron chi connectivity index (χ3n) is 5.26. The number of carbonyl (C=O) groups is 3. The summed E-state index contributed by atoms with van der Waals surface area (Å²) in [6.45, 7) is 6.06. The number of anilines is 1. The summed E-state index contributed by atoms with van der Waals surface area (Å²) in [5.41, 5.74) is 0.528. The van der Waals surface area contributed by atoms with Crippen molar-refractivity contribution in [1.29, 1.82) is 0 Å². The molecule has 3 amide bonds. The van der Waals surface area contributed by atoms with Crippen molar-refractivity contribution >= 4 is 35.0 Å². The number of benzene rings is 1. The van der Waals surface area contributed by atoms with Crippen LogP contribution >= 0.6 is 11.6 Å². The number of nitrogens with one attached hydrogen (secondary N) is 1. The third kappa shape index (κ3) is 3.43. The van der Waals surface area contributed by atoms with Crippen LogP contribution in [-0.4, -0.2) is 53.7 Å². The Bertz CT molecular complexity index is 752. The summed E-state index contributed by atoms with van der Waals surface area (Å²) in [6.07, 6.45) is 2.46. The van der Waals surface area contributed by atoms with Crippen molar-refractivity contribution in [1.82, 2.24) is 9.80 Å². The van der Waals surface area contributed by atoms with E-state index >= 15 is 0 Å². The van der Waals surface area contributed by atoms with Crippen LogP contribution < -0.4 is 5.32 Å². The Labute approximate surface area is 158 Å². The van der Waals surface area contributed by atoms with Gasteiger partial charge in [0, 0.05) is 38.8 Å². The van der Waals surface area contributed by atoms with Crippen LogP contribution in [0.4, 0.5) is 5.69 Å². The number of hydrogen-bond acceptors (Lipinski definition) is 3. The fraction of sp³-hybridized carbons (Fsp3) is 0.526. The molecule has 2 fully saturated rings. The first kappa shape index (κ1) is 18.7. The Balaban J connectivity index is 1.72. The fourth-order valence-electron chi connectivity index (χ4n) is 3.94. The number of halogens is 1. The lowest BCUT2D eigenvalue weighted by molar-refractivity contribution is -0.135. The van der Waals surface area contributed by atoms with Crippen LogP contribution in [0.25, 0.3) is 0 Å². The molecule has 3 rings (SSSR count). The molecule has 2 aliphatic rings. The number of amides is 3. The van der Waals surface area contributed by atoms with Crippen molar-refractivity contribution in [2.45, 2.75) is 33.1 Å². The minimum absolute atomic E-state index is 0.164. The molecule has 1 unspecified atom stereocenters. The van der Waals surface area contributed by atoms with Gasteiger partial charge in [-0.15, -0.1) is 0 Å². The first-order valence-corrected chi connectivity index (χ1v) is 9.40. The first-order valence-electron chi connectivity index (χ1n) is 9.02. The van der Waals surface area contributed by atoms with Crippen molar-refractivity contribution in [3.8, 4) is 0 Å². The average molecular weight is 378 g/mol. The molecule has 2 saturated heterocycles. The van der Waals surface area contributed by atoms with Crippen LogP contribution in [0, 0.1) is 5.41 Å². The summed E-state index contributed by atoms with van der Waals surface area (Å²) in [7, 11) is 0. The van der Waals surface area contributed by atoms with E-state index < -0.39 is 5.41 Å². The maximum absolute atomic E-state index is 12.9. The van der Waals surface area contributed by atoms with E-state index in [1.807, 2.05) is 4.90 Å². The van der Waals surface area contributed by atoms with E-state index in [4.69, 9.17) is 11.6 Å². The lowest BCUT2D eigenvalue weighted by Crippen LogP contribution is -2.38. The second-order valence-electron chi connectivity index (χ2n) is 7.18. The molecule has 1 N–H and O–H groups in total. The van der Waals surface area contributed by atoms with Crippen molar-refractivity contribution in [2.24, 2.45) is 5.41 Å². The summed E-state index contributed by atoms with van der Waals surface area (Å²) in [4.78, 5) is 40.4. The summed E-state index contributed by atoms with van der Waals surface area (Å²) >= 11 is 6.26. The van der Waals surface area contributed by atoms with Gasteiger partial charge < -0.3 is 15.1 Å². The molecule has 2 heterocycles. The van der Waals surface area contributed by atoms with Gasteiger partial charge in [0.05, 0.1) is 16.0 Å². The summed E-state index contributed by atoms with van der Waals surface area (Å²) in [5.74, 6) is -0.178. The van der Waals surface area contributed by atoms with Crippen LogP contribution in [-0.2, 0) is 9.59 Å². The van der Waals surface area contributed by atoms with Crippen LogP contribution in [0.5, 0.6) is 0 Å². The molecule has 1 aromatic carbocycles. The molecule has 0 radical (unpaired) electrons. The zero-order valence-electron chi connectivity index (χ0n) is 15.2. The number of hydrogen-bond donors (Lipinski definition) is 1. The highest BCUT2D eigenvalue weighted by atomic mass is 35.5. The molecule has 140 valence electrons. The Morgan fingerprint density at radius 2 is 2.00 bits per heavy atom. The van der Waals surface area contributed by atoms with Gasteiger partial charge in [-0.2, -0.15) is 0 Å². The maximum atomic E-state index is 12.9. The van der Waals surface area contributed by atoms with Gasteiger partial charge in [0.15, 0.2) is 0 Å². The lowest BCUT2D eigenvalue weighted by atomic mass is 9.85. The highest BCUT2D eigenvalue weighted by Gasteiger charge is 2.51. The number of likely N-dealkylation sites (tertiary alicyclic amines) is 2. The molecular formula is C19H24ClN3O3. The summed E-state index contributed by atoms with van der Waals surface area (Å²) in [6, 6.07) is 4.86. The number of nitrogens with zero attached hydrogens (tertiary/aromatic N) is 2. The van der Waals surface area contributed by atoms with Crippen molar-refractivity contribution < 1.29 is 14.4 Å². The highest BCUT2D eigenvalue weighted by molar-refractivity contribution is 6.34. The quantitative estimate of drug-likeness (QED) is 0.877. The van der Waals surface area contributed by atoms with E-state index in [-0.39, 0.29) is 17.7 Å². The molecular weight excluding hydrogens is 354 g/mol. The van der Waals surface area contributed by atoms with E-state index in [1.165, 1.54) is 6.92 Å². The molecule has 7 heteroatoms. The molecule has 0 aliphatic carbocycles. The molecule has 6 nitrogen and oxygen atoms in total. The number of carbonyl (C=O) groups excluding carboxylic acids is 3. The zero-order valence-corrected chi connectivity index (χ0v) is 15.9. The molecule has 2 aliphatic heterocycles. The zero-order chi connectivity index (χ0) is 18.9. The van der Waals surface area contributed by atoms with Crippen LogP contribution in [0.2, 0.25) is 5.02 Å². The standard InChI is InChI=1S/C19H24ClN3O3/c1-3-8-22-9-6-19(18(22)26)7-10-23(12-19)17(25)15-5-4-14(11-16(15)20)21-13(2)24/h4-5,11H,3,6-10,12H2,1-2H3,(H,21,24). The Morgan fingerprint density at radius 3 is 2.65 bits per heavy atom. The van der Waals surface area contributed by atoms with Gasteiger partial charge in [-0.05, 0) is 37.5 Å². The van der Waals surface area contributed by atoms with E-state index in [2.05, 4.69) is 12.2 Å². The topological polar surface area (TPSA) is 69.7 Å². The van der Waals surface area contributed by atoms with Crippen molar-refractivity contribution in [3.05, 3.63) is 28.8 Å². The monoisotopic (exact) mass is 377 g/mol. The molecule has 1 atom stereocenters. The minimum Gasteiger partial charge on any atom is -0.342 e. The predicted molar refractivity (Wildman–Crippen MR) is 100 cm³/mol. The summed E-state index contributed by atoms with van der Waals surface area (Å²) < 4.78 is 0. The van der Waals surface area contributed by atoms with Gasteiger partial charge in [-0.3, -0.25) is 14.4 Å². The van der Waals surface area contributed by atoms with Crippen molar-refractivity contribution in [3.63, 3.8) is 0 Å². The Morgan fingerprint density at radius 1 is 1.27 bits per heavy atom. The van der Waals surface area contributed by atoms with Gasteiger partial charge in [0.2, 0.25) is 11.8 Å². The number of rotatable bonds is 4. The normalized spacial score (nSPS) is 22.3. The van der Waals surface area contributed by atoms with Crippen LogP contribution in [0.1, 0.15) is 43.5 Å². The SMILES string of the molecule is CCCN1CCC2(CCN(C(=O)c3ccc(NC(C)=O)cc3Cl)C2)C1=O. The predicted octanol–water partition coefficient (Wildman–Crippen LogP) is 2.77. The third-order valence-corrected chi connectivity index (χ3v) is 5.57. The molecule has 1 aromatic rings. The highest BCUT2D eigenvalue weighted by Crippen LogP contribution is 2.41. The molecule has 0 aromatic heterocycles. The fourth-order valence-corrected chi connectivity index (χ4v) is 4.20. The first-order chi connectivity index (χ1) is 12.4. The maximum Gasteiger partial charge on any atom is 0.255 e. The van der Waals surface area contributed by atoms with Crippen LogP contribution in [0.15, 0.2) is 18.2 Å². The van der Waals surface area contributed by atoms with Gasteiger partial charge in [0.25, 0.3) is 5.91 Å². The van der Waals surface area contributed by atoms with Gasteiger partial charge in [0.1, 0.15) is 0 Å². The van der Waals surface area contributed by atoms with Gasteiger partial charge >= 0.3 is 0 Å². The van der Waals surface area contributed by atoms with Crippen molar-refractivity contribution in [2.75, 3.05) is 31.5 Å². The second-order valence-corrected chi connectivity index (χ2v) is 7.58. The van der Waals surface area contributed by atoms with E-state index in [1.54, 1.807) is 23.1 Å². The van der Waals surface area contributed by atoms with Gasteiger partial charge in [-0.1, -0.05) is 18.5 Å². The Kier molecular flexibility index (Phi) is 5.23. The molecule has 1 spiro atoms.